The number of likely N-dealkylation sites (N-methyl/N-ethyl adjacent to an activating group) is 1. The van der Waals surface area contributed by atoms with Gasteiger partial charge in [-0.15, -0.1) is 0 Å². The zero-order valence-electron chi connectivity index (χ0n) is 17.1. The highest BCUT2D eigenvalue weighted by Crippen LogP contribution is 2.19. The van der Waals surface area contributed by atoms with Gasteiger partial charge in [0, 0.05) is 37.9 Å². The van der Waals surface area contributed by atoms with Gasteiger partial charge in [0.2, 0.25) is 15.0 Å². The summed E-state index contributed by atoms with van der Waals surface area (Å²) in [5, 5.41) is -0.279. The first-order valence-corrected chi connectivity index (χ1v) is 11.1. The van der Waals surface area contributed by atoms with Crippen molar-refractivity contribution < 1.29 is 8.42 Å². The molecule has 0 aromatic carbocycles. The van der Waals surface area contributed by atoms with E-state index in [1.165, 1.54) is 0 Å². The van der Waals surface area contributed by atoms with E-state index in [-0.39, 0.29) is 5.16 Å². The molecule has 150 valence electrons. The van der Waals surface area contributed by atoms with E-state index < -0.39 is 15.1 Å². The van der Waals surface area contributed by atoms with E-state index in [0.717, 1.165) is 30.8 Å². The summed E-state index contributed by atoms with van der Waals surface area (Å²) in [7, 11) is -1.36. The van der Waals surface area contributed by atoms with E-state index in [1.54, 1.807) is 26.2 Å². The fraction of sp³-hybridized carbons (Fsp3) is 0.600. The molecule has 7 heteroatoms. The standard InChI is InChI=1S/C20H32N4O2S/c1-16(2)9-13-24-19(14-22-20(24)27(25,26)17(3)4)15-23(5)12-10-18-8-6-7-11-21-18/h6-8,11,14,16-17H,9-10,12-13,15H2,1-5H3. The average Bonchev–Trinajstić information content (AvgIpc) is 3.02. The van der Waals surface area contributed by atoms with Crippen molar-refractivity contribution in [2.45, 2.75) is 64.0 Å². The molecule has 0 spiro atoms. The zero-order chi connectivity index (χ0) is 20.0. The molecule has 0 fully saturated rings. The van der Waals surface area contributed by atoms with Crippen molar-refractivity contribution in [2.75, 3.05) is 13.6 Å². The second-order valence-electron chi connectivity index (χ2n) is 7.77. The molecule has 0 atom stereocenters. The number of rotatable bonds is 10. The minimum atomic E-state index is -3.40. The first kappa shape index (κ1) is 21.6. The first-order valence-electron chi connectivity index (χ1n) is 9.58. The van der Waals surface area contributed by atoms with Crippen LogP contribution in [0.25, 0.3) is 0 Å². The van der Waals surface area contributed by atoms with Gasteiger partial charge in [-0.1, -0.05) is 19.9 Å². The molecule has 0 unspecified atom stereocenters. The number of nitrogens with zero attached hydrogens (tertiary/aromatic N) is 4. The second kappa shape index (κ2) is 9.46. The average molecular weight is 393 g/mol. The number of imidazole rings is 1. The van der Waals surface area contributed by atoms with Crippen molar-refractivity contribution in [2.24, 2.45) is 5.92 Å². The Hall–Kier alpha value is -1.73. The van der Waals surface area contributed by atoms with Crippen molar-refractivity contribution in [1.29, 1.82) is 0 Å². The van der Waals surface area contributed by atoms with Crippen molar-refractivity contribution in [1.82, 2.24) is 19.4 Å². The molecule has 0 bridgehead atoms. The number of pyridine rings is 1. The van der Waals surface area contributed by atoms with Gasteiger partial charge >= 0.3 is 0 Å². The summed E-state index contributed by atoms with van der Waals surface area (Å²) in [6.07, 6.45) is 5.29. The molecule has 0 aliphatic carbocycles. The Kier molecular flexibility index (Phi) is 7.56. The fourth-order valence-corrected chi connectivity index (χ4v) is 3.93. The molecule has 0 aliphatic heterocycles. The molecule has 2 rings (SSSR count). The van der Waals surface area contributed by atoms with E-state index in [0.29, 0.717) is 19.0 Å². The lowest BCUT2D eigenvalue weighted by Crippen LogP contribution is -2.25. The normalized spacial score (nSPS) is 12.4. The van der Waals surface area contributed by atoms with Crippen molar-refractivity contribution >= 4 is 9.84 Å². The predicted molar refractivity (Wildman–Crippen MR) is 108 cm³/mol. The largest absolute Gasteiger partial charge is 0.318 e. The minimum absolute atomic E-state index is 0.200. The molecule has 0 amide bonds. The van der Waals surface area contributed by atoms with E-state index in [1.807, 2.05) is 29.8 Å². The van der Waals surface area contributed by atoms with Gasteiger partial charge in [0.25, 0.3) is 0 Å². The smallest absolute Gasteiger partial charge is 0.228 e. The van der Waals surface area contributed by atoms with Gasteiger partial charge in [-0.25, -0.2) is 13.4 Å². The van der Waals surface area contributed by atoms with E-state index in [2.05, 4.69) is 28.7 Å². The molecule has 2 heterocycles. The summed E-state index contributed by atoms with van der Waals surface area (Å²) in [5.74, 6) is 0.497. The second-order valence-corrected chi connectivity index (χ2v) is 10.2. The maximum absolute atomic E-state index is 12.7. The molecule has 0 saturated carbocycles. The Bertz CT molecular complexity index is 814. The lowest BCUT2D eigenvalue weighted by atomic mass is 10.1. The monoisotopic (exact) mass is 392 g/mol. The molecule has 2 aromatic heterocycles. The molecular weight excluding hydrogens is 360 g/mol. The van der Waals surface area contributed by atoms with Crippen molar-refractivity contribution in [3.8, 4) is 0 Å². The van der Waals surface area contributed by atoms with Crippen LogP contribution in [-0.4, -0.2) is 46.7 Å². The highest BCUT2D eigenvalue weighted by atomic mass is 32.2. The Morgan fingerprint density at radius 3 is 2.48 bits per heavy atom. The van der Waals surface area contributed by atoms with Crippen LogP contribution in [0.1, 0.15) is 45.5 Å². The number of aromatic nitrogens is 3. The lowest BCUT2D eigenvalue weighted by Gasteiger charge is -2.19. The highest BCUT2D eigenvalue weighted by Gasteiger charge is 2.26. The maximum Gasteiger partial charge on any atom is 0.228 e. The summed E-state index contributed by atoms with van der Waals surface area (Å²) in [4.78, 5) is 10.8. The third kappa shape index (κ3) is 5.87. The molecule has 0 radical (unpaired) electrons. The van der Waals surface area contributed by atoms with Gasteiger partial charge < -0.3 is 9.47 Å². The molecule has 0 aliphatic rings. The summed E-state index contributed by atoms with van der Waals surface area (Å²) < 4.78 is 27.3. The van der Waals surface area contributed by atoms with Gasteiger partial charge in [-0.3, -0.25) is 4.98 Å². The molecule has 6 nitrogen and oxygen atoms in total. The molecule has 0 saturated heterocycles. The van der Waals surface area contributed by atoms with Crippen molar-refractivity contribution in [3.63, 3.8) is 0 Å². The quantitative estimate of drug-likeness (QED) is 0.621. The van der Waals surface area contributed by atoms with Gasteiger partial charge in [0.05, 0.1) is 17.1 Å². The maximum atomic E-state index is 12.7. The van der Waals surface area contributed by atoms with Gasteiger partial charge in [0.1, 0.15) is 0 Å². The van der Waals surface area contributed by atoms with Crippen LogP contribution in [0.2, 0.25) is 0 Å². The van der Waals surface area contributed by atoms with Crippen LogP contribution < -0.4 is 0 Å². The third-order valence-corrected chi connectivity index (χ3v) is 6.69. The molecular formula is C20H32N4O2S. The molecule has 2 aromatic rings. The van der Waals surface area contributed by atoms with Gasteiger partial charge in [-0.05, 0) is 45.4 Å². The fourth-order valence-electron chi connectivity index (χ4n) is 2.79. The lowest BCUT2D eigenvalue weighted by molar-refractivity contribution is 0.316. The van der Waals surface area contributed by atoms with Gasteiger partial charge in [0.15, 0.2) is 0 Å². The number of sulfone groups is 1. The minimum Gasteiger partial charge on any atom is -0.318 e. The summed E-state index contributed by atoms with van der Waals surface area (Å²) in [6.45, 7) is 9.87. The van der Waals surface area contributed by atoms with Crippen LogP contribution in [0.15, 0.2) is 35.7 Å². The number of hydrogen-bond donors (Lipinski definition) is 0. The van der Waals surface area contributed by atoms with E-state index in [9.17, 15) is 8.42 Å². The summed E-state index contributed by atoms with van der Waals surface area (Å²) in [6, 6.07) is 5.93. The Balaban J connectivity index is 2.16. The number of hydrogen-bond acceptors (Lipinski definition) is 5. The van der Waals surface area contributed by atoms with Crippen LogP contribution in [0.5, 0.6) is 0 Å². The summed E-state index contributed by atoms with van der Waals surface area (Å²) >= 11 is 0. The molecule has 0 N–H and O–H groups in total. The molecule has 27 heavy (non-hydrogen) atoms. The van der Waals surface area contributed by atoms with Crippen LogP contribution >= 0.6 is 0 Å². The van der Waals surface area contributed by atoms with Crippen molar-refractivity contribution in [3.05, 3.63) is 42.0 Å². The third-order valence-electron chi connectivity index (χ3n) is 4.61. The van der Waals surface area contributed by atoms with Gasteiger partial charge in [-0.2, -0.15) is 0 Å². The predicted octanol–water partition coefficient (Wildman–Crippen LogP) is 3.18. The van der Waals surface area contributed by atoms with E-state index in [4.69, 9.17) is 0 Å². The van der Waals surface area contributed by atoms with Crippen LogP contribution in [0, 0.1) is 5.92 Å². The van der Waals surface area contributed by atoms with E-state index >= 15 is 0 Å². The summed E-state index contributed by atoms with van der Waals surface area (Å²) in [5.41, 5.74) is 2.00. The Morgan fingerprint density at radius 2 is 1.89 bits per heavy atom. The van der Waals surface area contributed by atoms with Crippen LogP contribution in [0.4, 0.5) is 0 Å². The first-order chi connectivity index (χ1) is 12.7. The topological polar surface area (TPSA) is 68.1 Å². The van der Waals surface area contributed by atoms with Crippen LogP contribution in [0.3, 0.4) is 0 Å². The Morgan fingerprint density at radius 1 is 1.15 bits per heavy atom. The van der Waals surface area contributed by atoms with Crippen LogP contribution in [-0.2, 0) is 29.3 Å². The zero-order valence-corrected chi connectivity index (χ0v) is 17.9. The highest BCUT2D eigenvalue weighted by molar-refractivity contribution is 7.91. The SMILES string of the molecule is CC(C)CCn1c(CN(C)CCc2ccccn2)cnc1S(=O)(=O)C(C)C. The Labute approximate surface area is 163 Å².